The average molecular weight is 746 g/mol. The van der Waals surface area contributed by atoms with Crippen LogP contribution < -0.4 is 20.0 Å². The summed E-state index contributed by atoms with van der Waals surface area (Å²) in [5.41, 5.74) is 3.72. The van der Waals surface area contributed by atoms with Gasteiger partial charge in [0, 0.05) is 45.0 Å². The van der Waals surface area contributed by atoms with Gasteiger partial charge in [-0.15, -0.1) is 0 Å². The number of aromatic hydroxyl groups is 1. The highest BCUT2D eigenvalue weighted by Gasteiger charge is 2.38. The van der Waals surface area contributed by atoms with Crippen LogP contribution in [-0.2, 0) is 31.6 Å². The highest BCUT2D eigenvalue weighted by Crippen LogP contribution is 2.39. The van der Waals surface area contributed by atoms with Gasteiger partial charge in [-0.1, -0.05) is 24.3 Å². The maximum absolute atomic E-state index is 15.8. The summed E-state index contributed by atoms with van der Waals surface area (Å²) in [6.45, 7) is 4.71. The van der Waals surface area contributed by atoms with E-state index < -0.39 is 51.9 Å². The Balaban J connectivity index is 0.879. The van der Waals surface area contributed by atoms with Crippen molar-refractivity contribution in [2.45, 2.75) is 44.1 Å². The fourth-order valence-corrected chi connectivity index (χ4v) is 9.39. The largest absolute Gasteiger partial charge is 0.506 e. The summed E-state index contributed by atoms with van der Waals surface area (Å²) < 4.78 is 46.0. The van der Waals surface area contributed by atoms with Crippen molar-refractivity contribution in [3.63, 3.8) is 0 Å². The van der Waals surface area contributed by atoms with E-state index in [1.807, 2.05) is 16.9 Å². The molecule has 0 saturated carbocycles. The maximum atomic E-state index is 15.8. The monoisotopic (exact) mass is 745 g/mol. The Morgan fingerprint density at radius 2 is 1.66 bits per heavy atom. The molecule has 3 N–H and O–H groups in total. The number of phenolic OH excluding ortho intramolecular Hbond substituents is 1. The van der Waals surface area contributed by atoms with Crippen LogP contribution in [0.4, 0.5) is 10.1 Å². The molecule has 1 unspecified atom stereocenters. The van der Waals surface area contributed by atoms with Crippen molar-refractivity contribution in [3.05, 3.63) is 76.0 Å². The van der Waals surface area contributed by atoms with E-state index in [4.69, 9.17) is 0 Å². The second-order valence-corrected chi connectivity index (χ2v) is 15.9. The number of nitrogens with one attached hydrogen (secondary N) is 2. The number of imide groups is 1. The number of rotatable bonds is 7. The fraction of sp³-hybridized carbons (Fsp3) is 0.405. The third kappa shape index (κ3) is 6.38. The zero-order valence-corrected chi connectivity index (χ0v) is 30.0. The van der Waals surface area contributed by atoms with Crippen LogP contribution in [0.1, 0.15) is 55.2 Å². The summed E-state index contributed by atoms with van der Waals surface area (Å²) in [7, 11) is -2.58. The van der Waals surface area contributed by atoms with Crippen LogP contribution in [0.5, 0.6) is 5.75 Å². The smallest absolute Gasteiger partial charge is 0.329 e. The third-order valence-electron chi connectivity index (χ3n) is 11.2. The average Bonchev–Trinajstić information content (AvgIpc) is 3.55. The lowest BCUT2D eigenvalue weighted by Crippen LogP contribution is -2.44. The lowest BCUT2D eigenvalue weighted by Gasteiger charge is -2.34. The number of anilines is 1. The Kier molecular flexibility index (Phi) is 8.86. The van der Waals surface area contributed by atoms with Gasteiger partial charge in [0.2, 0.25) is 11.8 Å². The molecule has 3 saturated heterocycles. The van der Waals surface area contributed by atoms with Gasteiger partial charge in [0.25, 0.3) is 5.91 Å². The zero-order chi connectivity index (χ0) is 37.2. The SMILES string of the molecule is Cn1c(=O)n(C2CCC(=O)NC2=O)c2ccc(C3CCN(CCN4CC=C(c5ccc6cc(O)c(N7CC(=O)NS7(=O)=O)c(F)c6c5)CC4)CC3)cc21. The lowest BCUT2D eigenvalue weighted by molar-refractivity contribution is -0.135. The van der Waals surface area contributed by atoms with Crippen molar-refractivity contribution < 1.29 is 32.3 Å². The molecule has 1 aromatic heterocycles. The Labute approximate surface area is 304 Å². The fourth-order valence-electron chi connectivity index (χ4n) is 8.22. The topological polar surface area (TPSA) is 166 Å². The molecule has 3 fully saturated rings. The number of nitrogens with zero attached hydrogens (tertiary/aromatic N) is 5. The number of piperidine rings is 2. The molecule has 53 heavy (non-hydrogen) atoms. The van der Waals surface area contributed by atoms with Crippen LogP contribution in [0.2, 0.25) is 0 Å². The molecule has 14 nitrogen and oxygen atoms in total. The molecule has 278 valence electrons. The molecule has 0 bridgehead atoms. The van der Waals surface area contributed by atoms with E-state index in [0.29, 0.717) is 27.5 Å². The second kappa shape index (κ2) is 13.4. The lowest BCUT2D eigenvalue weighted by atomic mass is 9.89. The van der Waals surface area contributed by atoms with Crippen molar-refractivity contribution in [3.8, 4) is 5.75 Å². The standard InChI is InChI=1S/C37H40FN7O7S/c1-41-30-19-25(4-5-28(30)45(37(41)50)29-6-7-32(47)39-36(29)49)23-10-14-43(15-11-23)17-16-42-12-8-22(9-13-42)24-2-3-26-20-31(46)35(34(38)27(26)18-24)44-21-33(48)40-53(44,51)52/h2-5,8,18-20,23,29,46H,6-7,9-17,21H2,1H3,(H,40,48)(H,39,47,49). The van der Waals surface area contributed by atoms with E-state index in [1.165, 1.54) is 16.2 Å². The van der Waals surface area contributed by atoms with E-state index in [2.05, 4.69) is 33.3 Å². The predicted octanol–water partition coefficient (Wildman–Crippen LogP) is 2.47. The molecule has 4 aliphatic rings. The Bertz CT molecular complexity index is 2400. The van der Waals surface area contributed by atoms with Crippen molar-refractivity contribution >= 4 is 61.0 Å². The summed E-state index contributed by atoms with van der Waals surface area (Å²) >= 11 is 0. The molecule has 5 heterocycles. The van der Waals surface area contributed by atoms with Gasteiger partial charge in [0.1, 0.15) is 24.0 Å². The van der Waals surface area contributed by atoms with Gasteiger partial charge in [0.05, 0.1) is 11.0 Å². The van der Waals surface area contributed by atoms with Gasteiger partial charge in [-0.3, -0.25) is 33.7 Å². The molecule has 3 aromatic carbocycles. The summed E-state index contributed by atoms with van der Waals surface area (Å²) in [4.78, 5) is 54.0. The molecule has 0 radical (unpaired) electrons. The minimum Gasteiger partial charge on any atom is -0.506 e. The van der Waals surface area contributed by atoms with E-state index in [9.17, 15) is 32.7 Å². The van der Waals surface area contributed by atoms with Crippen molar-refractivity contribution in [1.82, 2.24) is 29.0 Å². The number of carbonyl (C=O) groups is 3. The summed E-state index contributed by atoms with van der Waals surface area (Å²) in [5, 5.41) is 13.4. The highest BCUT2D eigenvalue weighted by molar-refractivity contribution is 7.92. The van der Waals surface area contributed by atoms with Crippen LogP contribution >= 0.6 is 0 Å². The number of imidazole rings is 1. The van der Waals surface area contributed by atoms with E-state index in [1.54, 1.807) is 23.7 Å². The summed E-state index contributed by atoms with van der Waals surface area (Å²) in [5.74, 6) is -2.66. The van der Waals surface area contributed by atoms with E-state index in [-0.39, 0.29) is 23.4 Å². The molecular weight excluding hydrogens is 706 g/mol. The van der Waals surface area contributed by atoms with Gasteiger partial charge in [0.15, 0.2) is 5.82 Å². The molecule has 4 aliphatic heterocycles. The number of aromatic nitrogens is 2. The van der Waals surface area contributed by atoms with E-state index in [0.717, 1.165) is 75.2 Å². The normalized spacial score (nSPS) is 21.7. The first-order valence-corrected chi connectivity index (χ1v) is 19.3. The molecule has 4 aromatic rings. The number of benzene rings is 3. The van der Waals surface area contributed by atoms with Gasteiger partial charge >= 0.3 is 15.9 Å². The molecule has 8 rings (SSSR count). The van der Waals surface area contributed by atoms with E-state index >= 15 is 4.39 Å². The maximum Gasteiger partial charge on any atom is 0.329 e. The molecule has 0 aliphatic carbocycles. The number of fused-ring (bicyclic) bond motifs is 2. The molecule has 16 heteroatoms. The third-order valence-corrected chi connectivity index (χ3v) is 12.6. The number of carbonyl (C=O) groups excluding carboxylic acids is 3. The van der Waals surface area contributed by atoms with Crippen LogP contribution in [0.3, 0.4) is 0 Å². The zero-order valence-electron chi connectivity index (χ0n) is 29.2. The van der Waals surface area contributed by atoms with Gasteiger partial charge in [-0.05, 0) is 91.0 Å². The van der Waals surface area contributed by atoms with Crippen LogP contribution in [0, 0.1) is 5.82 Å². The Morgan fingerprint density at radius 1 is 0.887 bits per heavy atom. The Hall–Kier alpha value is -5.06. The first kappa shape index (κ1) is 35.0. The molecular formula is C37H40FN7O7S. The molecule has 3 amide bonds. The number of hydrogen-bond acceptors (Lipinski definition) is 9. The predicted molar refractivity (Wildman–Crippen MR) is 196 cm³/mol. The highest BCUT2D eigenvalue weighted by atomic mass is 32.2. The van der Waals surface area contributed by atoms with Crippen molar-refractivity contribution in [2.75, 3.05) is 50.1 Å². The number of aryl methyl sites for hydroxylation is 1. The summed E-state index contributed by atoms with van der Waals surface area (Å²) in [6.07, 6.45) is 5.39. The number of halogens is 1. The van der Waals surface area contributed by atoms with Crippen LogP contribution in [-0.4, -0.2) is 96.0 Å². The van der Waals surface area contributed by atoms with Gasteiger partial charge in [-0.2, -0.15) is 8.42 Å². The quantitative estimate of drug-likeness (QED) is 0.241. The molecule has 0 spiro atoms. The van der Waals surface area contributed by atoms with Gasteiger partial charge < -0.3 is 10.0 Å². The minimum atomic E-state index is -4.30. The second-order valence-electron chi connectivity index (χ2n) is 14.4. The number of hydrogen-bond donors (Lipinski definition) is 3. The summed E-state index contributed by atoms with van der Waals surface area (Å²) in [6, 6.07) is 11.9. The number of amides is 3. The van der Waals surface area contributed by atoms with Crippen LogP contribution in [0.15, 0.2) is 53.3 Å². The van der Waals surface area contributed by atoms with Crippen molar-refractivity contribution in [2.24, 2.45) is 7.05 Å². The first-order valence-electron chi connectivity index (χ1n) is 17.8. The van der Waals surface area contributed by atoms with Crippen LogP contribution in [0.25, 0.3) is 27.4 Å². The van der Waals surface area contributed by atoms with Gasteiger partial charge in [-0.25, -0.2) is 18.2 Å². The first-order chi connectivity index (χ1) is 25.4. The molecule has 1 atom stereocenters. The Morgan fingerprint density at radius 3 is 2.36 bits per heavy atom. The van der Waals surface area contributed by atoms with Crippen molar-refractivity contribution in [1.29, 1.82) is 0 Å². The number of likely N-dealkylation sites (tertiary alicyclic amines) is 1. The minimum absolute atomic E-state index is 0.158. The number of phenols is 1.